The largest absolute Gasteiger partial charge is 0.461 e. The second-order valence-corrected chi connectivity index (χ2v) is 4.18. The van der Waals surface area contributed by atoms with Crippen LogP contribution in [0.1, 0.15) is 30.0 Å². The Morgan fingerprint density at radius 3 is 2.55 bits per heavy atom. The summed E-state index contributed by atoms with van der Waals surface area (Å²) < 4.78 is 4.85. The summed E-state index contributed by atoms with van der Waals surface area (Å²) in [6.07, 6.45) is 0.621. The number of H-pyrrole nitrogens is 1. The minimum atomic E-state index is -0.700. The first-order chi connectivity index (χ1) is 9.67. The van der Waals surface area contributed by atoms with Gasteiger partial charge in [0.15, 0.2) is 0 Å². The van der Waals surface area contributed by atoms with E-state index in [1.165, 1.54) is 0 Å². The zero-order valence-electron chi connectivity index (χ0n) is 11.5. The second kappa shape index (κ2) is 6.14. The van der Waals surface area contributed by atoms with Crippen LogP contribution in [0.15, 0.2) is 35.1 Å². The number of nitrogens with zero attached hydrogens (tertiary/aromatic N) is 1. The van der Waals surface area contributed by atoms with Crippen LogP contribution in [0.25, 0.3) is 11.3 Å². The number of hydrogen-bond acceptors (Lipinski definition) is 4. The van der Waals surface area contributed by atoms with E-state index in [1.54, 1.807) is 6.92 Å². The van der Waals surface area contributed by atoms with Gasteiger partial charge in [0.1, 0.15) is 0 Å². The summed E-state index contributed by atoms with van der Waals surface area (Å²) in [5.41, 5.74) is 1.44. The van der Waals surface area contributed by atoms with Gasteiger partial charge < -0.3 is 9.72 Å². The van der Waals surface area contributed by atoms with Crippen LogP contribution in [0, 0.1) is 0 Å². The fourth-order valence-electron chi connectivity index (χ4n) is 1.91. The maximum Gasteiger partial charge on any atom is 0.362 e. The first kappa shape index (κ1) is 14.0. The molecular weight excluding hydrogens is 256 g/mol. The van der Waals surface area contributed by atoms with Crippen molar-refractivity contribution in [1.29, 1.82) is 0 Å². The highest BCUT2D eigenvalue weighted by molar-refractivity contribution is 5.87. The Bertz CT molecular complexity index is 663. The molecule has 2 rings (SSSR count). The molecule has 0 saturated heterocycles. The molecule has 2 aromatic rings. The molecule has 1 aromatic carbocycles. The van der Waals surface area contributed by atoms with Crippen LogP contribution >= 0.6 is 0 Å². The molecule has 5 heteroatoms. The van der Waals surface area contributed by atoms with Gasteiger partial charge in [0.25, 0.3) is 5.56 Å². The number of benzene rings is 1. The van der Waals surface area contributed by atoms with Gasteiger partial charge in [-0.05, 0) is 13.3 Å². The lowest BCUT2D eigenvalue weighted by atomic mass is 10.1. The number of aromatic nitrogens is 2. The van der Waals surface area contributed by atoms with Crippen LogP contribution in [-0.2, 0) is 11.2 Å². The number of nitrogens with one attached hydrogen (secondary N) is 1. The molecule has 1 heterocycles. The predicted octanol–water partition coefficient (Wildman–Crippen LogP) is 2.18. The van der Waals surface area contributed by atoms with Crippen molar-refractivity contribution in [2.75, 3.05) is 6.61 Å². The lowest BCUT2D eigenvalue weighted by Crippen LogP contribution is -2.24. The molecule has 0 saturated carbocycles. The Kier molecular flexibility index (Phi) is 4.30. The molecule has 0 spiro atoms. The predicted molar refractivity (Wildman–Crippen MR) is 75.6 cm³/mol. The van der Waals surface area contributed by atoms with E-state index in [9.17, 15) is 9.59 Å². The molecule has 0 aliphatic rings. The molecule has 5 nitrogen and oxygen atoms in total. The van der Waals surface area contributed by atoms with E-state index in [0.29, 0.717) is 17.8 Å². The zero-order valence-corrected chi connectivity index (χ0v) is 11.5. The summed E-state index contributed by atoms with van der Waals surface area (Å²) in [6, 6.07) is 9.42. The molecule has 0 bridgehead atoms. The van der Waals surface area contributed by atoms with Crippen LogP contribution in [0.2, 0.25) is 0 Å². The van der Waals surface area contributed by atoms with Crippen molar-refractivity contribution in [3.05, 3.63) is 52.1 Å². The number of aromatic amines is 1. The van der Waals surface area contributed by atoms with Crippen molar-refractivity contribution in [3.8, 4) is 11.3 Å². The molecule has 0 atom stereocenters. The fraction of sp³-hybridized carbons (Fsp3) is 0.267. The highest BCUT2D eigenvalue weighted by Gasteiger charge is 2.17. The minimum Gasteiger partial charge on any atom is -0.461 e. The van der Waals surface area contributed by atoms with E-state index in [4.69, 9.17) is 4.74 Å². The Labute approximate surface area is 116 Å². The second-order valence-electron chi connectivity index (χ2n) is 4.18. The standard InChI is InChI=1S/C15H16N2O3/c1-3-11-12(10-8-6-5-7-9-10)17-13(14(18)16-11)15(19)20-4-2/h5-9H,3-4H2,1-2H3,(H,16,18). The summed E-state index contributed by atoms with van der Waals surface area (Å²) in [6.45, 7) is 3.81. The molecule has 1 N–H and O–H groups in total. The summed E-state index contributed by atoms with van der Waals surface area (Å²) in [5, 5.41) is 0. The SMILES string of the molecule is CCOC(=O)c1nc(-c2ccccc2)c(CC)[nH]c1=O. The third-order valence-electron chi connectivity index (χ3n) is 2.86. The quantitative estimate of drug-likeness (QED) is 0.866. The zero-order chi connectivity index (χ0) is 14.5. The molecule has 1 aromatic heterocycles. The summed E-state index contributed by atoms with van der Waals surface area (Å²) in [7, 11) is 0. The summed E-state index contributed by atoms with van der Waals surface area (Å²) in [4.78, 5) is 30.6. The Hall–Kier alpha value is -2.43. The van der Waals surface area contributed by atoms with Gasteiger partial charge in [-0.1, -0.05) is 37.3 Å². The minimum absolute atomic E-state index is 0.205. The maximum atomic E-state index is 11.9. The normalized spacial score (nSPS) is 10.3. The summed E-state index contributed by atoms with van der Waals surface area (Å²) >= 11 is 0. The van der Waals surface area contributed by atoms with Crippen LogP contribution in [-0.4, -0.2) is 22.5 Å². The highest BCUT2D eigenvalue weighted by Crippen LogP contribution is 2.19. The van der Waals surface area contributed by atoms with Gasteiger partial charge in [-0.15, -0.1) is 0 Å². The van der Waals surface area contributed by atoms with Crippen molar-refractivity contribution >= 4 is 5.97 Å². The average Bonchev–Trinajstić information content (AvgIpc) is 2.48. The van der Waals surface area contributed by atoms with Crippen molar-refractivity contribution in [1.82, 2.24) is 9.97 Å². The van der Waals surface area contributed by atoms with E-state index in [2.05, 4.69) is 9.97 Å². The van der Waals surface area contributed by atoms with Crippen molar-refractivity contribution in [2.45, 2.75) is 20.3 Å². The molecule has 0 fully saturated rings. The van der Waals surface area contributed by atoms with E-state index in [-0.39, 0.29) is 12.3 Å². The Morgan fingerprint density at radius 2 is 1.95 bits per heavy atom. The fourth-order valence-corrected chi connectivity index (χ4v) is 1.91. The first-order valence-electron chi connectivity index (χ1n) is 6.53. The lowest BCUT2D eigenvalue weighted by molar-refractivity contribution is 0.0517. The molecule has 20 heavy (non-hydrogen) atoms. The van der Waals surface area contributed by atoms with Crippen LogP contribution in [0.5, 0.6) is 0 Å². The van der Waals surface area contributed by atoms with Gasteiger partial charge in [-0.3, -0.25) is 4.79 Å². The van der Waals surface area contributed by atoms with Crippen LogP contribution < -0.4 is 5.56 Å². The summed E-state index contributed by atoms with van der Waals surface area (Å²) in [5.74, 6) is -0.700. The van der Waals surface area contributed by atoms with E-state index in [1.807, 2.05) is 37.3 Å². The Balaban J connectivity index is 2.58. The number of esters is 1. The van der Waals surface area contributed by atoms with Crippen LogP contribution in [0.4, 0.5) is 0 Å². The molecule has 0 radical (unpaired) electrons. The lowest BCUT2D eigenvalue weighted by Gasteiger charge is -2.09. The van der Waals surface area contributed by atoms with Gasteiger partial charge in [0.2, 0.25) is 5.69 Å². The number of ether oxygens (including phenoxy) is 1. The van der Waals surface area contributed by atoms with Gasteiger partial charge in [0, 0.05) is 11.3 Å². The Morgan fingerprint density at radius 1 is 1.25 bits per heavy atom. The smallest absolute Gasteiger partial charge is 0.362 e. The monoisotopic (exact) mass is 272 g/mol. The first-order valence-corrected chi connectivity index (χ1v) is 6.53. The van der Waals surface area contributed by atoms with Crippen molar-refractivity contribution in [2.24, 2.45) is 0 Å². The van der Waals surface area contributed by atoms with Gasteiger partial charge in [-0.25, -0.2) is 9.78 Å². The number of rotatable bonds is 4. The maximum absolute atomic E-state index is 11.9. The molecule has 104 valence electrons. The topological polar surface area (TPSA) is 72.0 Å². The third kappa shape index (κ3) is 2.77. The average molecular weight is 272 g/mol. The number of aryl methyl sites for hydroxylation is 1. The van der Waals surface area contributed by atoms with Gasteiger partial charge >= 0.3 is 5.97 Å². The molecule has 0 amide bonds. The van der Waals surface area contributed by atoms with E-state index in [0.717, 1.165) is 5.56 Å². The third-order valence-corrected chi connectivity index (χ3v) is 2.86. The molecule has 0 aliphatic heterocycles. The molecule has 0 unspecified atom stereocenters. The van der Waals surface area contributed by atoms with Gasteiger partial charge in [0.05, 0.1) is 12.3 Å². The van der Waals surface area contributed by atoms with Crippen molar-refractivity contribution < 1.29 is 9.53 Å². The van der Waals surface area contributed by atoms with E-state index < -0.39 is 11.5 Å². The molecule has 0 aliphatic carbocycles. The molecular formula is C15H16N2O3. The van der Waals surface area contributed by atoms with Crippen LogP contribution in [0.3, 0.4) is 0 Å². The van der Waals surface area contributed by atoms with E-state index >= 15 is 0 Å². The highest BCUT2D eigenvalue weighted by atomic mass is 16.5. The van der Waals surface area contributed by atoms with Crippen molar-refractivity contribution in [3.63, 3.8) is 0 Å². The number of carbonyl (C=O) groups is 1. The number of hydrogen-bond donors (Lipinski definition) is 1. The van der Waals surface area contributed by atoms with Gasteiger partial charge in [-0.2, -0.15) is 0 Å². The number of carbonyl (C=O) groups excluding carboxylic acids is 1.